The van der Waals surface area contributed by atoms with Crippen molar-refractivity contribution in [2.24, 2.45) is 0 Å². The maximum Gasteiger partial charge on any atom is 0.336 e. The Kier molecular flexibility index (Phi) is 4.32. The Labute approximate surface area is 169 Å². The zero-order chi connectivity index (χ0) is 19.8. The molecule has 0 fully saturated rings. The summed E-state index contributed by atoms with van der Waals surface area (Å²) in [6.45, 7) is 3.24. The first-order chi connectivity index (χ1) is 14.2. The monoisotopic (exact) mass is 383 g/mol. The van der Waals surface area contributed by atoms with Crippen LogP contribution in [0.4, 0.5) is 5.69 Å². The quantitative estimate of drug-likeness (QED) is 0.446. The zero-order valence-electron chi connectivity index (χ0n) is 16.2. The molecule has 0 saturated carbocycles. The Bertz CT molecular complexity index is 1240. The summed E-state index contributed by atoms with van der Waals surface area (Å²) in [6.07, 6.45) is 0.983. The van der Waals surface area contributed by atoms with Gasteiger partial charge >= 0.3 is 5.63 Å². The van der Waals surface area contributed by atoms with E-state index in [1.165, 1.54) is 5.56 Å². The SMILES string of the molecule is CCc1cccc(N2COc3ccc4c(-c5ccccc5)cc(=O)oc4c3C2)c1. The van der Waals surface area contributed by atoms with Gasteiger partial charge in [-0.15, -0.1) is 0 Å². The number of aryl methyl sites for hydroxylation is 1. The van der Waals surface area contributed by atoms with Crippen LogP contribution in [-0.2, 0) is 13.0 Å². The first-order valence-corrected chi connectivity index (χ1v) is 9.85. The van der Waals surface area contributed by atoms with E-state index in [0.29, 0.717) is 18.9 Å². The van der Waals surface area contributed by atoms with Gasteiger partial charge in [-0.3, -0.25) is 0 Å². The van der Waals surface area contributed by atoms with Gasteiger partial charge in [0.15, 0.2) is 6.73 Å². The molecule has 1 aliphatic rings. The lowest BCUT2D eigenvalue weighted by Crippen LogP contribution is -2.32. The van der Waals surface area contributed by atoms with Gasteiger partial charge in [-0.2, -0.15) is 0 Å². The van der Waals surface area contributed by atoms with Crippen LogP contribution in [0.15, 0.2) is 82.0 Å². The van der Waals surface area contributed by atoms with E-state index in [-0.39, 0.29) is 5.63 Å². The Morgan fingerprint density at radius 1 is 0.966 bits per heavy atom. The number of hydrogen-bond acceptors (Lipinski definition) is 4. The van der Waals surface area contributed by atoms with E-state index in [9.17, 15) is 4.79 Å². The first kappa shape index (κ1) is 17.6. The van der Waals surface area contributed by atoms with Crippen molar-refractivity contribution in [3.63, 3.8) is 0 Å². The summed E-state index contributed by atoms with van der Waals surface area (Å²) < 4.78 is 11.7. The molecule has 0 N–H and O–H groups in total. The topological polar surface area (TPSA) is 42.7 Å². The molecule has 4 nitrogen and oxygen atoms in total. The van der Waals surface area contributed by atoms with Gasteiger partial charge in [-0.05, 0) is 47.4 Å². The van der Waals surface area contributed by atoms with E-state index in [1.54, 1.807) is 6.07 Å². The van der Waals surface area contributed by atoms with Crippen molar-refractivity contribution in [3.05, 3.63) is 94.3 Å². The number of anilines is 1. The third-order valence-electron chi connectivity index (χ3n) is 5.47. The predicted octanol–water partition coefficient (Wildman–Crippen LogP) is 5.38. The highest BCUT2D eigenvalue weighted by Crippen LogP contribution is 2.37. The summed E-state index contributed by atoms with van der Waals surface area (Å²) in [7, 11) is 0. The zero-order valence-corrected chi connectivity index (χ0v) is 16.2. The highest BCUT2D eigenvalue weighted by molar-refractivity contribution is 5.96. The number of fused-ring (bicyclic) bond motifs is 3. The molecule has 0 unspecified atom stereocenters. The van der Waals surface area contributed by atoms with Crippen molar-refractivity contribution in [1.82, 2.24) is 0 Å². The van der Waals surface area contributed by atoms with Gasteiger partial charge in [0, 0.05) is 17.1 Å². The first-order valence-electron chi connectivity index (χ1n) is 9.85. The van der Waals surface area contributed by atoms with Crippen molar-refractivity contribution in [2.45, 2.75) is 19.9 Å². The molecule has 3 aromatic carbocycles. The predicted molar refractivity (Wildman–Crippen MR) is 115 cm³/mol. The highest BCUT2D eigenvalue weighted by Gasteiger charge is 2.23. The molecule has 0 amide bonds. The maximum atomic E-state index is 12.4. The van der Waals surface area contributed by atoms with Crippen LogP contribution in [0, 0.1) is 0 Å². The van der Waals surface area contributed by atoms with Gasteiger partial charge in [-0.25, -0.2) is 4.79 Å². The Morgan fingerprint density at radius 3 is 2.66 bits per heavy atom. The summed E-state index contributed by atoms with van der Waals surface area (Å²) in [5.74, 6) is 0.772. The Morgan fingerprint density at radius 2 is 1.83 bits per heavy atom. The molecule has 1 aromatic heterocycles. The number of benzene rings is 3. The van der Waals surface area contributed by atoms with Crippen LogP contribution in [0.2, 0.25) is 0 Å². The molecular weight excluding hydrogens is 362 g/mol. The van der Waals surface area contributed by atoms with E-state index in [0.717, 1.165) is 39.9 Å². The van der Waals surface area contributed by atoms with E-state index >= 15 is 0 Å². The van der Waals surface area contributed by atoms with Crippen molar-refractivity contribution in [3.8, 4) is 16.9 Å². The van der Waals surface area contributed by atoms with E-state index < -0.39 is 0 Å². The van der Waals surface area contributed by atoms with Gasteiger partial charge < -0.3 is 14.1 Å². The number of hydrogen-bond donors (Lipinski definition) is 0. The molecule has 0 radical (unpaired) electrons. The summed E-state index contributed by atoms with van der Waals surface area (Å²) in [6, 6.07) is 23.9. The molecule has 4 heteroatoms. The van der Waals surface area contributed by atoms with Crippen LogP contribution < -0.4 is 15.3 Å². The van der Waals surface area contributed by atoms with E-state index in [1.807, 2.05) is 42.5 Å². The summed E-state index contributed by atoms with van der Waals surface area (Å²) in [5, 5.41) is 0.919. The third-order valence-corrected chi connectivity index (χ3v) is 5.47. The van der Waals surface area contributed by atoms with Gasteiger partial charge in [0.25, 0.3) is 0 Å². The highest BCUT2D eigenvalue weighted by atomic mass is 16.5. The smallest absolute Gasteiger partial charge is 0.336 e. The van der Waals surface area contributed by atoms with E-state index in [2.05, 4.69) is 36.1 Å². The van der Waals surface area contributed by atoms with Crippen LogP contribution in [0.3, 0.4) is 0 Å². The molecule has 0 spiro atoms. The second-order valence-corrected chi connectivity index (χ2v) is 7.26. The lowest BCUT2D eigenvalue weighted by atomic mass is 9.99. The van der Waals surface area contributed by atoms with Crippen molar-refractivity contribution < 1.29 is 9.15 Å². The number of ether oxygens (including phenoxy) is 1. The van der Waals surface area contributed by atoms with Gasteiger partial charge in [0.2, 0.25) is 0 Å². The van der Waals surface area contributed by atoms with Crippen LogP contribution in [0.1, 0.15) is 18.1 Å². The van der Waals surface area contributed by atoms with Crippen molar-refractivity contribution in [2.75, 3.05) is 11.6 Å². The van der Waals surface area contributed by atoms with Crippen LogP contribution in [-0.4, -0.2) is 6.73 Å². The summed E-state index contributed by atoms with van der Waals surface area (Å²) in [5.41, 5.74) is 5.42. The standard InChI is InChI=1S/C25H21NO3/c1-2-17-7-6-10-19(13-17)26-15-22-23(28-16-26)12-11-20-21(14-24(27)29-25(20)22)18-8-4-3-5-9-18/h3-14H,2,15-16H2,1H3. The minimum atomic E-state index is -0.352. The molecule has 0 saturated heterocycles. The lowest BCUT2D eigenvalue weighted by molar-refractivity contribution is 0.289. The molecule has 144 valence electrons. The third kappa shape index (κ3) is 3.17. The normalized spacial score (nSPS) is 13.2. The lowest BCUT2D eigenvalue weighted by Gasteiger charge is -2.31. The minimum Gasteiger partial charge on any atom is -0.473 e. The number of rotatable bonds is 3. The fourth-order valence-electron chi connectivity index (χ4n) is 3.93. The average molecular weight is 383 g/mol. The van der Waals surface area contributed by atoms with Crippen molar-refractivity contribution >= 4 is 16.7 Å². The Balaban J connectivity index is 1.64. The second-order valence-electron chi connectivity index (χ2n) is 7.26. The fraction of sp³-hybridized carbons (Fsp3) is 0.160. The van der Waals surface area contributed by atoms with E-state index in [4.69, 9.17) is 9.15 Å². The van der Waals surface area contributed by atoms with Crippen molar-refractivity contribution in [1.29, 1.82) is 0 Å². The Hall–Kier alpha value is -3.53. The van der Waals surface area contributed by atoms with Gasteiger partial charge in [-0.1, -0.05) is 49.4 Å². The molecule has 4 aromatic rings. The van der Waals surface area contributed by atoms with Crippen LogP contribution in [0.5, 0.6) is 5.75 Å². The molecule has 2 heterocycles. The van der Waals surface area contributed by atoms with Crippen LogP contribution in [0.25, 0.3) is 22.1 Å². The molecule has 1 aliphatic heterocycles. The molecule has 29 heavy (non-hydrogen) atoms. The molecule has 0 bridgehead atoms. The average Bonchev–Trinajstić information content (AvgIpc) is 2.78. The maximum absolute atomic E-state index is 12.4. The molecule has 5 rings (SSSR count). The second kappa shape index (κ2) is 7.13. The molecule has 0 aliphatic carbocycles. The number of nitrogens with zero attached hydrogens (tertiary/aromatic N) is 1. The minimum absolute atomic E-state index is 0.352. The summed E-state index contributed by atoms with van der Waals surface area (Å²) in [4.78, 5) is 14.5. The van der Waals surface area contributed by atoms with Gasteiger partial charge in [0.1, 0.15) is 11.3 Å². The molecular formula is C25H21NO3. The largest absolute Gasteiger partial charge is 0.473 e. The van der Waals surface area contributed by atoms with Gasteiger partial charge in [0.05, 0.1) is 12.1 Å². The fourth-order valence-corrected chi connectivity index (χ4v) is 3.93. The summed E-state index contributed by atoms with van der Waals surface area (Å²) >= 11 is 0. The van der Waals surface area contributed by atoms with Crippen LogP contribution >= 0.6 is 0 Å². The molecule has 0 atom stereocenters.